The lowest BCUT2D eigenvalue weighted by Gasteiger charge is -2.26. The van der Waals surface area contributed by atoms with Gasteiger partial charge in [-0.15, -0.1) is 0 Å². The molecule has 0 fully saturated rings. The largest absolute Gasteiger partial charge is 0.497 e. The van der Waals surface area contributed by atoms with E-state index in [1.165, 1.54) is 0 Å². The number of oxime groups is 1. The number of nitrogens with one attached hydrogen (secondary N) is 1. The smallest absolute Gasteiger partial charge is 0.322 e. The summed E-state index contributed by atoms with van der Waals surface area (Å²) >= 11 is 6.00. The van der Waals surface area contributed by atoms with E-state index in [0.717, 1.165) is 22.6 Å². The average Bonchev–Trinajstić information content (AvgIpc) is 3.33. The zero-order valence-electron chi connectivity index (χ0n) is 19.0. The Labute approximate surface area is 203 Å². The molecule has 1 unspecified atom stereocenters. The van der Waals surface area contributed by atoms with E-state index < -0.39 is 0 Å². The number of ether oxygens (including phenoxy) is 2. The number of amides is 2. The first-order valence-electron chi connectivity index (χ1n) is 10.9. The van der Waals surface area contributed by atoms with Crippen LogP contribution in [0.15, 0.2) is 78.0 Å². The van der Waals surface area contributed by atoms with Crippen LogP contribution < -0.4 is 14.8 Å². The number of nitrogens with zero attached hydrogens (tertiary/aromatic N) is 2. The molecule has 176 valence electrons. The molecule has 4 rings (SSSR count). The van der Waals surface area contributed by atoms with Crippen molar-refractivity contribution in [3.8, 4) is 11.5 Å². The summed E-state index contributed by atoms with van der Waals surface area (Å²) in [4.78, 5) is 20.7. The number of urea groups is 1. The molecule has 8 heteroatoms. The van der Waals surface area contributed by atoms with Crippen molar-refractivity contribution < 1.29 is 19.1 Å². The Morgan fingerprint density at radius 3 is 2.65 bits per heavy atom. The molecule has 0 saturated heterocycles. The summed E-state index contributed by atoms with van der Waals surface area (Å²) in [6, 6.07) is 22.1. The van der Waals surface area contributed by atoms with Gasteiger partial charge < -0.3 is 24.5 Å². The van der Waals surface area contributed by atoms with Crippen LogP contribution in [-0.2, 0) is 11.4 Å². The molecule has 7 nitrogen and oxygen atoms in total. The third kappa shape index (κ3) is 5.80. The van der Waals surface area contributed by atoms with Crippen molar-refractivity contribution >= 4 is 29.0 Å². The molecule has 1 N–H and O–H groups in total. The Morgan fingerprint density at radius 1 is 1.09 bits per heavy atom. The van der Waals surface area contributed by atoms with E-state index in [1.807, 2.05) is 60.7 Å². The monoisotopic (exact) mass is 479 g/mol. The van der Waals surface area contributed by atoms with E-state index in [4.69, 9.17) is 25.9 Å². The van der Waals surface area contributed by atoms with Gasteiger partial charge in [0.2, 0.25) is 0 Å². The molecule has 0 aromatic heterocycles. The van der Waals surface area contributed by atoms with Gasteiger partial charge in [0.05, 0.1) is 32.2 Å². The molecule has 34 heavy (non-hydrogen) atoms. The van der Waals surface area contributed by atoms with Crippen molar-refractivity contribution in [2.24, 2.45) is 5.16 Å². The van der Waals surface area contributed by atoms with Crippen molar-refractivity contribution in [1.29, 1.82) is 0 Å². The minimum atomic E-state index is -0.278. The second-order valence-corrected chi connectivity index (χ2v) is 8.28. The summed E-state index contributed by atoms with van der Waals surface area (Å²) in [5.74, 6) is 1.32. The van der Waals surface area contributed by atoms with Crippen LogP contribution in [0.1, 0.15) is 17.5 Å². The molecule has 1 aliphatic rings. The fraction of sp³-hybridized carbons (Fsp3) is 0.231. The predicted molar refractivity (Wildman–Crippen MR) is 133 cm³/mol. The van der Waals surface area contributed by atoms with Crippen LogP contribution in [0.25, 0.3) is 0 Å². The molecule has 3 aromatic carbocycles. The van der Waals surface area contributed by atoms with Gasteiger partial charge in [-0.05, 0) is 47.5 Å². The summed E-state index contributed by atoms with van der Waals surface area (Å²) in [5, 5.41) is 7.87. The normalized spacial score (nSPS) is 14.7. The van der Waals surface area contributed by atoms with Gasteiger partial charge in [0, 0.05) is 18.0 Å². The number of hydrogen-bond donors (Lipinski definition) is 1. The Bertz CT molecular complexity index is 1170. The molecule has 0 bridgehead atoms. The molecule has 1 aliphatic heterocycles. The standard InChI is InChI=1S/C26H26ClN3O4/c1-32-21-7-5-6-18(14-21)16-30(26(31)28-23-8-3-4-9-25(23)33-2)17-22-15-24(29-34-22)19-10-12-20(27)13-11-19/h3-14,22H,15-17H2,1-2H3,(H,28,31). The zero-order valence-corrected chi connectivity index (χ0v) is 19.8. The van der Waals surface area contributed by atoms with Crippen molar-refractivity contribution in [2.45, 2.75) is 19.1 Å². The lowest BCUT2D eigenvalue weighted by molar-refractivity contribution is 0.0608. The van der Waals surface area contributed by atoms with E-state index in [1.54, 1.807) is 31.3 Å². The minimum Gasteiger partial charge on any atom is -0.497 e. The third-order valence-corrected chi connectivity index (χ3v) is 5.73. The fourth-order valence-electron chi connectivity index (χ4n) is 3.74. The fourth-order valence-corrected chi connectivity index (χ4v) is 3.86. The number of carbonyl (C=O) groups is 1. The maximum atomic E-state index is 13.3. The van der Waals surface area contributed by atoms with Gasteiger partial charge in [0.25, 0.3) is 0 Å². The molecular weight excluding hydrogens is 454 g/mol. The van der Waals surface area contributed by atoms with Crippen molar-refractivity contribution in [1.82, 2.24) is 4.90 Å². The summed E-state index contributed by atoms with van der Waals surface area (Å²) in [6.45, 7) is 0.715. The van der Waals surface area contributed by atoms with Crippen molar-refractivity contribution in [2.75, 3.05) is 26.1 Å². The highest BCUT2D eigenvalue weighted by molar-refractivity contribution is 6.30. The molecule has 1 heterocycles. The summed E-state index contributed by atoms with van der Waals surface area (Å²) < 4.78 is 10.7. The molecule has 2 amide bonds. The van der Waals surface area contributed by atoms with Gasteiger partial charge in [-0.25, -0.2) is 4.79 Å². The first-order chi connectivity index (χ1) is 16.6. The van der Waals surface area contributed by atoms with Crippen LogP contribution in [0.3, 0.4) is 0 Å². The van der Waals surface area contributed by atoms with Crippen LogP contribution in [0.4, 0.5) is 10.5 Å². The van der Waals surface area contributed by atoms with Gasteiger partial charge >= 0.3 is 6.03 Å². The van der Waals surface area contributed by atoms with E-state index >= 15 is 0 Å². The first kappa shape index (κ1) is 23.4. The van der Waals surface area contributed by atoms with Gasteiger partial charge in [0.1, 0.15) is 11.5 Å². The number of hydrogen-bond acceptors (Lipinski definition) is 5. The van der Waals surface area contributed by atoms with Gasteiger partial charge in [0.15, 0.2) is 6.10 Å². The van der Waals surface area contributed by atoms with E-state index in [9.17, 15) is 4.79 Å². The number of rotatable bonds is 8. The maximum Gasteiger partial charge on any atom is 0.322 e. The minimum absolute atomic E-state index is 0.268. The van der Waals surface area contributed by atoms with E-state index in [0.29, 0.717) is 36.0 Å². The van der Waals surface area contributed by atoms with Crippen LogP contribution >= 0.6 is 11.6 Å². The average molecular weight is 480 g/mol. The van der Waals surface area contributed by atoms with Crippen LogP contribution in [0, 0.1) is 0 Å². The number of halogens is 1. The topological polar surface area (TPSA) is 72.4 Å². The second kappa shape index (κ2) is 10.9. The quantitative estimate of drug-likeness (QED) is 0.457. The summed E-state index contributed by atoms with van der Waals surface area (Å²) in [5.41, 5.74) is 3.31. The molecule has 1 atom stereocenters. The van der Waals surface area contributed by atoms with Gasteiger partial charge in [-0.1, -0.05) is 53.2 Å². The van der Waals surface area contributed by atoms with Crippen LogP contribution in [-0.4, -0.2) is 43.5 Å². The molecule has 0 spiro atoms. The van der Waals surface area contributed by atoms with Crippen LogP contribution in [0.2, 0.25) is 5.02 Å². The van der Waals surface area contributed by atoms with Crippen LogP contribution in [0.5, 0.6) is 11.5 Å². The zero-order chi connectivity index (χ0) is 23.9. The Hall–Kier alpha value is -3.71. The molecule has 0 aliphatic carbocycles. The highest BCUT2D eigenvalue weighted by atomic mass is 35.5. The lowest BCUT2D eigenvalue weighted by Crippen LogP contribution is -2.40. The molecule has 3 aromatic rings. The van der Waals surface area contributed by atoms with Gasteiger partial charge in [-0.3, -0.25) is 0 Å². The second-order valence-electron chi connectivity index (χ2n) is 7.84. The predicted octanol–water partition coefficient (Wildman–Crippen LogP) is 5.58. The number of para-hydroxylation sites is 2. The highest BCUT2D eigenvalue weighted by Crippen LogP contribution is 2.25. The van der Waals surface area contributed by atoms with E-state index in [-0.39, 0.29) is 12.1 Å². The third-order valence-electron chi connectivity index (χ3n) is 5.48. The molecule has 0 saturated carbocycles. The Morgan fingerprint density at radius 2 is 1.88 bits per heavy atom. The highest BCUT2D eigenvalue weighted by Gasteiger charge is 2.27. The lowest BCUT2D eigenvalue weighted by atomic mass is 10.0. The first-order valence-corrected chi connectivity index (χ1v) is 11.2. The number of methoxy groups -OCH3 is 2. The molecular formula is C26H26ClN3O4. The number of benzene rings is 3. The Kier molecular flexibility index (Phi) is 7.54. The number of carbonyl (C=O) groups excluding carboxylic acids is 1. The SMILES string of the molecule is COc1cccc(CN(CC2CC(c3ccc(Cl)cc3)=NO2)C(=O)Nc2ccccc2OC)c1. The van der Waals surface area contributed by atoms with E-state index in [2.05, 4.69) is 10.5 Å². The summed E-state index contributed by atoms with van der Waals surface area (Å²) in [6.07, 6.45) is 0.303. The summed E-state index contributed by atoms with van der Waals surface area (Å²) in [7, 11) is 3.19. The van der Waals surface area contributed by atoms with Crippen molar-refractivity contribution in [3.63, 3.8) is 0 Å². The van der Waals surface area contributed by atoms with Gasteiger partial charge in [-0.2, -0.15) is 0 Å². The molecule has 0 radical (unpaired) electrons. The number of anilines is 1. The maximum absolute atomic E-state index is 13.3. The van der Waals surface area contributed by atoms with Crippen molar-refractivity contribution in [3.05, 3.63) is 88.9 Å². The Balaban J connectivity index is 1.50.